The van der Waals surface area contributed by atoms with E-state index in [9.17, 15) is 10.2 Å². The van der Waals surface area contributed by atoms with Crippen molar-refractivity contribution in [1.29, 1.82) is 0 Å². The Morgan fingerprint density at radius 1 is 1.12 bits per heavy atom. The molecule has 1 aromatic heterocycles. The van der Waals surface area contributed by atoms with Crippen LogP contribution in [0.4, 0.5) is 11.6 Å². The van der Waals surface area contributed by atoms with Crippen LogP contribution in [-0.2, 0) is 0 Å². The third-order valence-corrected chi connectivity index (χ3v) is 2.61. The molecule has 6 nitrogen and oxygen atoms in total. The highest BCUT2D eigenvalue weighted by Crippen LogP contribution is 2.22. The first-order valence-electron chi connectivity index (χ1n) is 5.48. The second-order valence-corrected chi connectivity index (χ2v) is 4.34. The zero-order valence-corrected chi connectivity index (χ0v) is 10.7. The van der Waals surface area contributed by atoms with Crippen molar-refractivity contribution in [2.45, 2.75) is 26.3 Å². The number of nitrogens with zero attached hydrogens (tertiary/aromatic N) is 2. The Labute approximate surface area is 101 Å². The number of aromatic nitrogens is 2. The van der Waals surface area contributed by atoms with E-state index in [4.69, 9.17) is 0 Å². The minimum Gasteiger partial charge on any atom is -0.394 e. The second-order valence-electron chi connectivity index (χ2n) is 4.34. The van der Waals surface area contributed by atoms with Gasteiger partial charge in [0.25, 0.3) is 0 Å². The Bertz CT molecular complexity index is 391. The molecule has 0 saturated heterocycles. The van der Waals surface area contributed by atoms with Gasteiger partial charge < -0.3 is 20.8 Å². The fraction of sp³-hybridized carbons (Fsp3) is 0.636. The molecule has 0 amide bonds. The monoisotopic (exact) mass is 240 g/mol. The molecule has 0 fully saturated rings. The van der Waals surface area contributed by atoms with Crippen LogP contribution in [0.3, 0.4) is 0 Å². The smallest absolute Gasteiger partial charge is 0.135 e. The lowest BCUT2D eigenvalue weighted by molar-refractivity contribution is 0.147. The van der Waals surface area contributed by atoms with E-state index in [0.717, 1.165) is 11.4 Å². The van der Waals surface area contributed by atoms with Gasteiger partial charge in [-0.3, -0.25) is 0 Å². The van der Waals surface area contributed by atoms with Crippen LogP contribution in [0.2, 0.25) is 0 Å². The number of anilines is 2. The average molecular weight is 240 g/mol. The number of nitrogens with one attached hydrogen (secondary N) is 2. The molecule has 1 aromatic rings. The lowest BCUT2D eigenvalue weighted by atomic mass is 10.1. The maximum absolute atomic E-state index is 9.25. The van der Waals surface area contributed by atoms with Gasteiger partial charge in [0.1, 0.15) is 17.5 Å². The van der Waals surface area contributed by atoms with Gasteiger partial charge in [0.2, 0.25) is 0 Å². The van der Waals surface area contributed by atoms with Gasteiger partial charge in [0.15, 0.2) is 0 Å². The predicted molar refractivity (Wildman–Crippen MR) is 67.3 cm³/mol. The summed E-state index contributed by atoms with van der Waals surface area (Å²) in [7, 11) is 1.79. The Balaban J connectivity index is 3.10. The Morgan fingerprint density at radius 3 is 2.12 bits per heavy atom. The first-order chi connectivity index (χ1) is 7.95. The van der Waals surface area contributed by atoms with Crippen LogP contribution in [0.5, 0.6) is 0 Å². The molecule has 1 rings (SSSR count). The number of hydrogen-bond donors (Lipinski definition) is 4. The zero-order valence-electron chi connectivity index (χ0n) is 10.7. The van der Waals surface area contributed by atoms with E-state index in [2.05, 4.69) is 20.6 Å². The maximum atomic E-state index is 9.25. The van der Waals surface area contributed by atoms with E-state index in [1.54, 1.807) is 20.9 Å². The Morgan fingerprint density at radius 2 is 1.65 bits per heavy atom. The fourth-order valence-corrected chi connectivity index (χ4v) is 1.41. The summed E-state index contributed by atoms with van der Waals surface area (Å²) in [6.45, 7) is 5.04. The lowest BCUT2D eigenvalue weighted by Gasteiger charge is -2.28. The van der Waals surface area contributed by atoms with E-state index in [0.29, 0.717) is 11.6 Å². The van der Waals surface area contributed by atoms with Crippen molar-refractivity contribution < 1.29 is 10.2 Å². The summed E-state index contributed by atoms with van der Waals surface area (Å²) in [6, 6.07) is 0. The van der Waals surface area contributed by atoms with Crippen LogP contribution in [0, 0.1) is 13.8 Å². The largest absolute Gasteiger partial charge is 0.394 e. The summed E-state index contributed by atoms with van der Waals surface area (Å²) in [5, 5.41) is 24.5. The van der Waals surface area contributed by atoms with Gasteiger partial charge in [-0.1, -0.05) is 0 Å². The van der Waals surface area contributed by atoms with Gasteiger partial charge in [-0.05, 0) is 20.8 Å². The lowest BCUT2D eigenvalue weighted by Crippen LogP contribution is -2.43. The van der Waals surface area contributed by atoms with E-state index < -0.39 is 5.54 Å². The molecule has 4 N–H and O–H groups in total. The van der Waals surface area contributed by atoms with Gasteiger partial charge in [-0.15, -0.1) is 0 Å². The van der Waals surface area contributed by atoms with Crippen LogP contribution in [0.1, 0.15) is 18.3 Å². The molecule has 0 saturated carbocycles. The highest BCUT2D eigenvalue weighted by Gasteiger charge is 2.24. The molecule has 0 bridgehead atoms. The van der Waals surface area contributed by atoms with Crippen LogP contribution >= 0.6 is 0 Å². The highest BCUT2D eigenvalue weighted by molar-refractivity contribution is 5.57. The molecule has 0 unspecified atom stereocenters. The van der Waals surface area contributed by atoms with E-state index in [1.165, 1.54) is 0 Å². The molecular weight excluding hydrogens is 220 g/mol. The van der Waals surface area contributed by atoms with Crippen molar-refractivity contribution in [1.82, 2.24) is 9.97 Å². The highest BCUT2D eigenvalue weighted by atomic mass is 16.3. The first kappa shape index (κ1) is 13.7. The molecule has 0 spiro atoms. The van der Waals surface area contributed by atoms with E-state index in [-0.39, 0.29) is 13.2 Å². The topological polar surface area (TPSA) is 90.3 Å². The quantitative estimate of drug-likeness (QED) is 0.591. The fourth-order valence-electron chi connectivity index (χ4n) is 1.41. The van der Waals surface area contributed by atoms with Gasteiger partial charge in [-0.2, -0.15) is 0 Å². The normalized spacial score (nSPS) is 11.4. The molecule has 0 aliphatic carbocycles. The summed E-state index contributed by atoms with van der Waals surface area (Å²) in [6.07, 6.45) is 0. The average Bonchev–Trinajstić information content (AvgIpc) is 2.33. The number of aryl methyl sites for hydroxylation is 1. The third-order valence-electron chi connectivity index (χ3n) is 2.61. The minimum atomic E-state index is -0.795. The molecular formula is C11H20N4O2. The van der Waals surface area contributed by atoms with Gasteiger partial charge in [0.05, 0.1) is 18.8 Å². The van der Waals surface area contributed by atoms with Crippen LogP contribution in [0.25, 0.3) is 0 Å². The molecule has 0 aromatic carbocycles. The second kappa shape index (κ2) is 5.29. The van der Waals surface area contributed by atoms with Crippen LogP contribution in [-0.4, -0.2) is 46.0 Å². The van der Waals surface area contributed by atoms with Crippen LogP contribution < -0.4 is 10.6 Å². The number of aliphatic hydroxyl groups excluding tert-OH is 2. The molecule has 6 heteroatoms. The standard InChI is InChI=1S/C11H20N4O2/c1-7-9(12-4)13-8(2)14-10(7)15-11(3,5-16)6-17/h16-17H,5-6H2,1-4H3,(H2,12,13,14,15). The van der Waals surface area contributed by atoms with Gasteiger partial charge in [-0.25, -0.2) is 9.97 Å². The van der Waals surface area contributed by atoms with E-state index >= 15 is 0 Å². The third kappa shape index (κ3) is 3.04. The van der Waals surface area contributed by atoms with Crippen molar-refractivity contribution in [2.75, 3.05) is 30.9 Å². The van der Waals surface area contributed by atoms with Crippen molar-refractivity contribution >= 4 is 11.6 Å². The molecule has 17 heavy (non-hydrogen) atoms. The number of rotatable bonds is 5. The summed E-state index contributed by atoms with van der Waals surface area (Å²) in [5.41, 5.74) is 0.0579. The first-order valence-corrected chi connectivity index (χ1v) is 5.48. The minimum absolute atomic E-state index is 0.180. The molecule has 96 valence electrons. The Hall–Kier alpha value is -1.40. The number of aliphatic hydroxyl groups is 2. The number of hydrogen-bond acceptors (Lipinski definition) is 6. The van der Waals surface area contributed by atoms with Crippen molar-refractivity contribution in [3.8, 4) is 0 Å². The summed E-state index contributed by atoms with van der Waals surface area (Å²) >= 11 is 0. The Kier molecular flexibility index (Phi) is 4.25. The summed E-state index contributed by atoms with van der Waals surface area (Å²) in [5.74, 6) is 1.98. The molecule has 0 atom stereocenters. The summed E-state index contributed by atoms with van der Waals surface area (Å²) < 4.78 is 0. The molecule has 1 heterocycles. The maximum Gasteiger partial charge on any atom is 0.135 e. The van der Waals surface area contributed by atoms with Crippen molar-refractivity contribution in [3.05, 3.63) is 11.4 Å². The van der Waals surface area contributed by atoms with Crippen molar-refractivity contribution in [2.24, 2.45) is 0 Å². The summed E-state index contributed by atoms with van der Waals surface area (Å²) in [4.78, 5) is 8.52. The van der Waals surface area contributed by atoms with Crippen molar-refractivity contribution in [3.63, 3.8) is 0 Å². The van der Waals surface area contributed by atoms with Crippen LogP contribution in [0.15, 0.2) is 0 Å². The molecule has 0 aliphatic heterocycles. The van der Waals surface area contributed by atoms with Gasteiger partial charge >= 0.3 is 0 Å². The van der Waals surface area contributed by atoms with Gasteiger partial charge in [0, 0.05) is 12.6 Å². The molecule has 0 radical (unpaired) electrons. The zero-order chi connectivity index (χ0) is 13.1. The SMILES string of the molecule is CNc1nc(C)nc(NC(C)(CO)CO)c1C. The predicted octanol–water partition coefficient (Wildman–Crippen LogP) is 0.290. The van der Waals surface area contributed by atoms with E-state index in [1.807, 2.05) is 6.92 Å². The molecule has 0 aliphatic rings.